The second-order valence-electron chi connectivity index (χ2n) is 14.4. The van der Waals surface area contributed by atoms with Gasteiger partial charge in [-0.25, -0.2) is 8.42 Å². The van der Waals surface area contributed by atoms with Crippen LogP contribution in [0.4, 0.5) is 5.69 Å². The van der Waals surface area contributed by atoms with Crippen molar-refractivity contribution in [3.63, 3.8) is 0 Å². The van der Waals surface area contributed by atoms with Crippen molar-refractivity contribution in [2.75, 3.05) is 13.1 Å². The van der Waals surface area contributed by atoms with Crippen molar-refractivity contribution < 1.29 is 8.42 Å². The Morgan fingerprint density at radius 2 is 1.62 bits per heavy atom. The summed E-state index contributed by atoms with van der Waals surface area (Å²) in [5.41, 5.74) is 11.1. The highest BCUT2D eigenvalue weighted by Crippen LogP contribution is 2.55. The lowest BCUT2D eigenvalue weighted by atomic mass is 9.58. The van der Waals surface area contributed by atoms with E-state index in [2.05, 4.69) is 103 Å². The van der Waals surface area contributed by atoms with Crippen molar-refractivity contribution in [3.05, 3.63) is 148 Å². The van der Waals surface area contributed by atoms with E-state index in [-0.39, 0.29) is 20.6 Å². The normalized spacial score (nSPS) is 18.9. The second kappa shape index (κ2) is 13.5. The van der Waals surface area contributed by atoms with Crippen molar-refractivity contribution >= 4 is 67.8 Å². The number of aryl methyl sites for hydroxylation is 1. The zero-order valence-corrected chi connectivity index (χ0v) is 32.3. The Hall–Kier alpha value is -4.20. The number of sulfone groups is 1. The van der Waals surface area contributed by atoms with Gasteiger partial charge in [-0.3, -0.25) is 4.99 Å². The van der Waals surface area contributed by atoms with Crippen LogP contribution in [-0.2, 0) is 9.84 Å². The number of rotatable bonds is 8. The van der Waals surface area contributed by atoms with Crippen molar-refractivity contribution in [2.45, 2.75) is 50.8 Å². The minimum atomic E-state index is -3.73. The van der Waals surface area contributed by atoms with Gasteiger partial charge in [0.2, 0.25) is 9.84 Å². The minimum Gasteiger partial charge on any atom is -0.367 e. The van der Waals surface area contributed by atoms with Crippen LogP contribution in [0.3, 0.4) is 0 Å². The average Bonchev–Trinajstić information content (AvgIpc) is 3.08. The van der Waals surface area contributed by atoms with E-state index in [1.165, 1.54) is 16.7 Å². The SMILES string of the molecule is Bc1cc(C)c(/N=C(\C)c2ccccc2C(=C)N2CC=C3C(C)(CC=C(c4ccc(C=C)cc4)C3(C)C)C2)cc1S(=O)(=O)c1ccc(Br)cc1. The average molecular weight is 744 g/mol. The summed E-state index contributed by atoms with van der Waals surface area (Å²) in [7, 11) is -1.90. The molecule has 1 atom stereocenters. The lowest BCUT2D eigenvalue weighted by Crippen LogP contribution is -2.46. The Labute approximate surface area is 307 Å². The first-order chi connectivity index (χ1) is 23.7. The maximum absolute atomic E-state index is 13.7. The number of aliphatic imine (C=N–C) groups is 1. The molecular weight excluding hydrogens is 699 g/mol. The molecule has 0 aromatic heterocycles. The zero-order valence-electron chi connectivity index (χ0n) is 29.8. The van der Waals surface area contributed by atoms with E-state index in [9.17, 15) is 8.42 Å². The molecular formula is C43H44BBrN2O2S. The molecule has 0 saturated carbocycles. The summed E-state index contributed by atoms with van der Waals surface area (Å²) in [6.45, 7) is 21.2. The molecule has 7 heteroatoms. The summed E-state index contributed by atoms with van der Waals surface area (Å²) in [4.78, 5) is 7.96. The van der Waals surface area contributed by atoms with Gasteiger partial charge in [0.15, 0.2) is 0 Å². The van der Waals surface area contributed by atoms with Gasteiger partial charge in [0.05, 0.1) is 15.5 Å². The number of nitrogens with zero attached hydrogens (tertiary/aromatic N) is 2. The lowest BCUT2D eigenvalue weighted by molar-refractivity contribution is 0.219. The first-order valence-electron chi connectivity index (χ1n) is 17.0. The zero-order chi connectivity index (χ0) is 36.0. The second-order valence-corrected chi connectivity index (χ2v) is 17.2. The van der Waals surface area contributed by atoms with Crippen LogP contribution in [0.1, 0.15) is 61.9 Å². The first-order valence-corrected chi connectivity index (χ1v) is 19.3. The Morgan fingerprint density at radius 3 is 2.28 bits per heavy atom. The molecule has 254 valence electrons. The van der Waals surface area contributed by atoms with E-state index < -0.39 is 9.84 Å². The fourth-order valence-corrected chi connectivity index (χ4v) is 9.61. The fraction of sp³-hybridized carbons (Fsp3) is 0.233. The van der Waals surface area contributed by atoms with Crippen LogP contribution < -0.4 is 5.46 Å². The van der Waals surface area contributed by atoms with Gasteiger partial charge in [-0.1, -0.05) is 134 Å². The predicted molar refractivity (Wildman–Crippen MR) is 217 cm³/mol. The largest absolute Gasteiger partial charge is 0.367 e. The molecule has 0 N–H and O–H groups in total. The van der Waals surface area contributed by atoms with Crippen molar-refractivity contribution in [2.24, 2.45) is 15.8 Å². The molecule has 0 bridgehead atoms. The highest BCUT2D eigenvalue weighted by atomic mass is 79.9. The molecule has 4 aromatic rings. The molecule has 1 unspecified atom stereocenters. The summed E-state index contributed by atoms with van der Waals surface area (Å²) in [5.74, 6) is 0. The molecule has 0 spiro atoms. The third-order valence-electron chi connectivity index (χ3n) is 10.5. The standard InChI is InChI=1S/C43H44BBrN2O2S/c1-8-31-13-15-32(16-14-31)37-21-23-43(7)27-47(24-22-41(43)42(37,5)6)30(4)36-12-10-9-11-35(36)29(3)46-39-26-40(38(44)25-28(39)2)50(48,49)34-19-17-33(45)18-20-34/h8-22,25-26H,1,4,23-24,27,44H2,2-3,5-7H3/b46-29+. The van der Waals surface area contributed by atoms with Crippen LogP contribution in [-0.4, -0.2) is 40.0 Å². The number of fused-ring (bicyclic) bond motifs is 1. The summed E-state index contributed by atoms with van der Waals surface area (Å²) >= 11 is 3.40. The molecule has 1 aliphatic heterocycles. The van der Waals surface area contributed by atoms with Crippen LogP contribution in [0.2, 0.25) is 0 Å². The fourth-order valence-electron chi connectivity index (χ4n) is 7.85. The van der Waals surface area contributed by atoms with Crippen LogP contribution in [0.15, 0.2) is 135 Å². The Kier molecular flexibility index (Phi) is 9.62. The van der Waals surface area contributed by atoms with E-state index in [1.54, 1.807) is 30.3 Å². The first kappa shape index (κ1) is 35.6. The summed E-state index contributed by atoms with van der Waals surface area (Å²) in [6.07, 6.45) is 7.69. The molecule has 50 heavy (non-hydrogen) atoms. The summed E-state index contributed by atoms with van der Waals surface area (Å²) in [5, 5.41) is 0. The molecule has 0 saturated heterocycles. The van der Waals surface area contributed by atoms with Gasteiger partial charge in [0.1, 0.15) is 7.85 Å². The van der Waals surface area contributed by atoms with Gasteiger partial charge in [0, 0.05) is 50.9 Å². The highest BCUT2D eigenvalue weighted by Gasteiger charge is 2.46. The van der Waals surface area contributed by atoms with Gasteiger partial charge in [-0.05, 0) is 72.9 Å². The van der Waals surface area contributed by atoms with E-state index >= 15 is 0 Å². The number of benzene rings is 4. The van der Waals surface area contributed by atoms with E-state index in [0.717, 1.165) is 57.6 Å². The molecule has 0 amide bonds. The van der Waals surface area contributed by atoms with E-state index in [0.29, 0.717) is 11.2 Å². The Morgan fingerprint density at radius 1 is 0.960 bits per heavy atom. The molecule has 0 fully saturated rings. The van der Waals surface area contributed by atoms with Crippen LogP contribution in [0.5, 0.6) is 0 Å². The van der Waals surface area contributed by atoms with Gasteiger partial charge in [-0.15, -0.1) is 0 Å². The van der Waals surface area contributed by atoms with Crippen LogP contribution >= 0.6 is 15.9 Å². The van der Waals surface area contributed by atoms with Crippen molar-refractivity contribution in [1.29, 1.82) is 0 Å². The Balaban J connectivity index is 1.29. The third kappa shape index (κ3) is 6.54. The molecule has 2 aliphatic rings. The lowest BCUT2D eigenvalue weighted by Gasteiger charge is -2.51. The van der Waals surface area contributed by atoms with Crippen LogP contribution in [0.25, 0.3) is 17.3 Å². The summed E-state index contributed by atoms with van der Waals surface area (Å²) in [6, 6.07) is 27.3. The maximum atomic E-state index is 13.7. The number of hydrogen-bond donors (Lipinski definition) is 0. The molecule has 1 aliphatic carbocycles. The van der Waals surface area contributed by atoms with Gasteiger partial charge >= 0.3 is 0 Å². The van der Waals surface area contributed by atoms with Gasteiger partial charge in [-0.2, -0.15) is 0 Å². The highest BCUT2D eigenvalue weighted by molar-refractivity contribution is 9.10. The van der Waals surface area contributed by atoms with Crippen molar-refractivity contribution in [3.8, 4) is 0 Å². The monoisotopic (exact) mass is 742 g/mol. The third-order valence-corrected chi connectivity index (χ3v) is 12.9. The molecule has 1 heterocycles. The molecule has 6 rings (SSSR count). The smallest absolute Gasteiger partial charge is 0.206 e. The number of halogens is 1. The number of allylic oxidation sites excluding steroid dienone is 2. The number of hydrogen-bond acceptors (Lipinski definition) is 4. The van der Waals surface area contributed by atoms with Gasteiger partial charge < -0.3 is 4.90 Å². The van der Waals surface area contributed by atoms with E-state index in [1.807, 2.05) is 46.0 Å². The Bertz CT molecular complexity index is 2210. The van der Waals surface area contributed by atoms with E-state index in [4.69, 9.17) is 4.99 Å². The quantitative estimate of drug-likeness (QED) is 0.103. The van der Waals surface area contributed by atoms with Crippen molar-refractivity contribution in [1.82, 2.24) is 4.90 Å². The van der Waals surface area contributed by atoms with Gasteiger partial charge in [0.25, 0.3) is 0 Å². The minimum absolute atomic E-state index is 0.0386. The molecule has 4 aromatic carbocycles. The van der Waals surface area contributed by atoms with Crippen LogP contribution in [0, 0.1) is 17.8 Å². The molecule has 4 nitrogen and oxygen atoms in total. The maximum Gasteiger partial charge on any atom is 0.206 e. The molecule has 0 radical (unpaired) electrons. The summed E-state index contributed by atoms with van der Waals surface area (Å²) < 4.78 is 28.2. The predicted octanol–water partition coefficient (Wildman–Crippen LogP) is 9.36. The topological polar surface area (TPSA) is 49.7 Å².